The second-order valence-corrected chi connectivity index (χ2v) is 30.4. The van der Waals surface area contributed by atoms with E-state index in [0.717, 1.165) is 109 Å². The SMILES string of the molecule is CCCCCCCCCCCCCCCCCCC(=O)OC[C@H](COP(=O)(O)OC[C@@H](O)COP(=O)(O)OC[C@@H](COC(=O)CCCCCCCCC)OC(=O)CCCCCCCCCCCCCCCCC)OC(=O)CCCCCCCCCCCCCCCC(C)C. The van der Waals surface area contributed by atoms with Crippen molar-refractivity contribution in [1.29, 1.82) is 0 Å². The molecule has 0 bridgehead atoms. The zero-order chi connectivity index (χ0) is 69.1. The van der Waals surface area contributed by atoms with Gasteiger partial charge >= 0.3 is 39.5 Å². The van der Waals surface area contributed by atoms with Crippen LogP contribution >= 0.6 is 15.6 Å². The van der Waals surface area contributed by atoms with Crippen molar-refractivity contribution in [2.24, 2.45) is 5.92 Å². The first kappa shape index (κ1) is 92.1. The van der Waals surface area contributed by atoms with Crippen LogP contribution in [0, 0.1) is 5.92 Å². The van der Waals surface area contributed by atoms with Crippen molar-refractivity contribution < 1.29 is 80.2 Å². The van der Waals surface area contributed by atoms with Crippen molar-refractivity contribution in [2.45, 2.75) is 412 Å². The average molecular weight is 1380 g/mol. The van der Waals surface area contributed by atoms with Gasteiger partial charge in [-0.1, -0.05) is 343 Å². The van der Waals surface area contributed by atoms with Crippen molar-refractivity contribution in [2.75, 3.05) is 39.6 Å². The summed E-state index contributed by atoms with van der Waals surface area (Å²) in [7, 11) is -9.90. The van der Waals surface area contributed by atoms with E-state index < -0.39 is 97.5 Å². The van der Waals surface area contributed by atoms with Crippen molar-refractivity contribution in [3.8, 4) is 0 Å². The maximum absolute atomic E-state index is 13.1. The van der Waals surface area contributed by atoms with E-state index in [9.17, 15) is 43.2 Å². The minimum Gasteiger partial charge on any atom is -0.462 e. The Morgan fingerprint density at radius 3 is 0.723 bits per heavy atom. The molecule has 0 aliphatic heterocycles. The number of rotatable bonds is 75. The van der Waals surface area contributed by atoms with Crippen LogP contribution in [0.15, 0.2) is 0 Å². The van der Waals surface area contributed by atoms with Crippen molar-refractivity contribution in [3.05, 3.63) is 0 Å². The molecule has 558 valence electrons. The van der Waals surface area contributed by atoms with Crippen molar-refractivity contribution in [1.82, 2.24) is 0 Å². The Hall–Kier alpha value is -1.94. The van der Waals surface area contributed by atoms with Crippen LogP contribution in [-0.4, -0.2) is 96.7 Å². The second kappa shape index (κ2) is 68.2. The quantitative estimate of drug-likeness (QED) is 0.0222. The number of esters is 4. The van der Waals surface area contributed by atoms with E-state index in [2.05, 4.69) is 34.6 Å². The Morgan fingerprint density at radius 2 is 0.489 bits per heavy atom. The lowest BCUT2D eigenvalue weighted by molar-refractivity contribution is -0.161. The molecule has 2 unspecified atom stereocenters. The van der Waals surface area contributed by atoms with E-state index in [0.29, 0.717) is 25.7 Å². The number of hydrogen-bond acceptors (Lipinski definition) is 15. The number of phosphoric acid groups is 2. The van der Waals surface area contributed by atoms with Gasteiger partial charge in [-0.25, -0.2) is 9.13 Å². The van der Waals surface area contributed by atoms with Gasteiger partial charge in [0.25, 0.3) is 0 Å². The normalized spacial score (nSPS) is 14.0. The van der Waals surface area contributed by atoms with Gasteiger partial charge in [0.2, 0.25) is 0 Å². The fourth-order valence-electron chi connectivity index (χ4n) is 11.5. The predicted molar refractivity (Wildman–Crippen MR) is 382 cm³/mol. The molecule has 5 atom stereocenters. The molecule has 0 rings (SSSR count). The van der Waals surface area contributed by atoms with E-state index in [1.54, 1.807) is 0 Å². The van der Waals surface area contributed by atoms with Crippen LogP contribution in [0.25, 0.3) is 0 Å². The number of ether oxygens (including phenoxy) is 4. The van der Waals surface area contributed by atoms with Crippen LogP contribution < -0.4 is 0 Å². The standard InChI is InChI=1S/C75H146O17P2/c1-6-9-12-15-18-20-22-24-26-28-31-35-39-44-49-54-59-73(78)86-65-71(92-75(80)61-56-51-46-41-37-33-29-30-34-38-43-47-52-57-68(4)5)67-90-94(83,84)88-63-69(76)62-87-93(81,82)89-66-70(64-85-72(77)58-53-48-42-17-14-11-8-3)91-74(79)60-55-50-45-40-36-32-27-25-23-21-19-16-13-10-7-2/h68-71,76H,6-67H2,1-5H3,(H,81,82)(H,83,84)/t69-,70+,71+/m0/s1. The van der Waals surface area contributed by atoms with Crippen molar-refractivity contribution >= 4 is 39.5 Å². The maximum atomic E-state index is 13.1. The average Bonchev–Trinajstić information content (AvgIpc) is 1.27. The zero-order valence-corrected chi connectivity index (χ0v) is 62.9. The van der Waals surface area contributed by atoms with Crippen LogP contribution in [0.2, 0.25) is 0 Å². The lowest BCUT2D eigenvalue weighted by Gasteiger charge is -2.21. The molecule has 0 saturated carbocycles. The van der Waals surface area contributed by atoms with Gasteiger partial charge in [0.1, 0.15) is 19.3 Å². The molecule has 0 radical (unpaired) electrons. The fraction of sp³-hybridized carbons (Fsp3) is 0.947. The van der Waals surface area contributed by atoms with Crippen molar-refractivity contribution in [3.63, 3.8) is 0 Å². The smallest absolute Gasteiger partial charge is 0.462 e. The molecule has 0 aliphatic rings. The second-order valence-electron chi connectivity index (χ2n) is 27.5. The van der Waals surface area contributed by atoms with Crippen LogP contribution in [0.5, 0.6) is 0 Å². The first-order valence-corrected chi connectivity index (χ1v) is 42.1. The van der Waals surface area contributed by atoms with E-state index in [1.165, 1.54) is 205 Å². The molecule has 0 heterocycles. The molecule has 0 aliphatic carbocycles. The summed E-state index contributed by atoms with van der Waals surface area (Å²) in [6, 6.07) is 0. The minimum atomic E-state index is -4.95. The topological polar surface area (TPSA) is 237 Å². The molecule has 17 nitrogen and oxygen atoms in total. The van der Waals surface area contributed by atoms with Gasteiger partial charge in [0.15, 0.2) is 12.2 Å². The van der Waals surface area contributed by atoms with Crippen LogP contribution in [0.1, 0.15) is 394 Å². The summed E-state index contributed by atoms with van der Waals surface area (Å²) in [6.07, 6.45) is 56.9. The Balaban J connectivity index is 5.19. The number of aliphatic hydroxyl groups is 1. The molecule has 0 amide bonds. The summed E-state index contributed by atoms with van der Waals surface area (Å²) in [5.41, 5.74) is 0. The molecule has 0 aromatic rings. The summed E-state index contributed by atoms with van der Waals surface area (Å²) < 4.78 is 68.4. The van der Waals surface area contributed by atoms with Gasteiger partial charge in [0, 0.05) is 25.7 Å². The molecular formula is C75H146O17P2. The molecule has 0 aromatic carbocycles. The lowest BCUT2D eigenvalue weighted by Crippen LogP contribution is -2.30. The summed E-state index contributed by atoms with van der Waals surface area (Å²) in [5.74, 6) is -1.33. The summed E-state index contributed by atoms with van der Waals surface area (Å²) >= 11 is 0. The molecule has 0 aromatic heterocycles. The van der Waals surface area contributed by atoms with Crippen LogP contribution in [-0.2, 0) is 65.4 Å². The highest BCUT2D eigenvalue weighted by atomic mass is 31.2. The van der Waals surface area contributed by atoms with Gasteiger partial charge in [-0.2, -0.15) is 0 Å². The van der Waals surface area contributed by atoms with E-state index in [-0.39, 0.29) is 25.7 Å². The maximum Gasteiger partial charge on any atom is 0.472 e. The van der Waals surface area contributed by atoms with Gasteiger partial charge in [0.05, 0.1) is 26.4 Å². The molecular weight excluding hydrogens is 1230 g/mol. The van der Waals surface area contributed by atoms with E-state index in [1.807, 2.05) is 0 Å². The molecule has 0 fully saturated rings. The Morgan fingerprint density at radius 1 is 0.287 bits per heavy atom. The number of carbonyl (C=O) groups is 4. The number of unbranched alkanes of at least 4 members (excludes halogenated alkanes) is 47. The van der Waals surface area contributed by atoms with Crippen LogP contribution in [0.3, 0.4) is 0 Å². The number of phosphoric ester groups is 2. The summed E-state index contributed by atoms with van der Waals surface area (Å²) in [4.78, 5) is 72.7. The first-order chi connectivity index (χ1) is 45.5. The third-order valence-corrected chi connectivity index (χ3v) is 19.4. The highest BCUT2D eigenvalue weighted by molar-refractivity contribution is 7.47. The number of aliphatic hydroxyl groups excluding tert-OH is 1. The summed E-state index contributed by atoms with van der Waals surface area (Å²) in [5, 5.41) is 10.6. The predicted octanol–water partition coefficient (Wildman–Crippen LogP) is 22.1. The van der Waals surface area contributed by atoms with E-state index >= 15 is 0 Å². The highest BCUT2D eigenvalue weighted by Gasteiger charge is 2.30. The van der Waals surface area contributed by atoms with Gasteiger partial charge in [-0.05, 0) is 31.6 Å². The molecule has 94 heavy (non-hydrogen) atoms. The molecule has 0 saturated heterocycles. The Bertz CT molecular complexity index is 1810. The summed E-state index contributed by atoms with van der Waals surface area (Å²) in [6.45, 7) is 7.27. The van der Waals surface area contributed by atoms with Gasteiger partial charge in [-0.3, -0.25) is 37.3 Å². The number of hydrogen-bond donors (Lipinski definition) is 3. The molecule has 3 N–H and O–H groups in total. The van der Waals surface area contributed by atoms with E-state index in [4.69, 9.17) is 37.0 Å². The van der Waals surface area contributed by atoms with Crippen LogP contribution in [0.4, 0.5) is 0 Å². The fourth-order valence-corrected chi connectivity index (χ4v) is 13.1. The molecule has 19 heteroatoms. The third kappa shape index (κ3) is 68.6. The largest absolute Gasteiger partial charge is 0.472 e. The lowest BCUT2D eigenvalue weighted by atomic mass is 10.0. The minimum absolute atomic E-state index is 0.108. The Kier molecular flexibility index (Phi) is 66.8. The molecule has 0 spiro atoms. The van der Waals surface area contributed by atoms with Gasteiger partial charge < -0.3 is 33.8 Å². The highest BCUT2D eigenvalue weighted by Crippen LogP contribution is 2.45. The third-order valence-electron chi connectivity index (χ3n) is 17.5. The monoisotopic (exact) mass is 1380 g/mol. The number of carbonyl (C=O) groups excluding carboxylic acids is 4. The Labute approximate surface area is 575 Å². The van der Waals surface area contributed by atoms with Gasteiger partial charge in [-0.15, -0.1) is 0 Å². The zero-order valence-electron chi connectivity index (χ0n) is 61.1. The first-order valence-electron chi connectivity index (χ1n) is 39.1.